The van der Waals surface area contributed by atoms with E-state index in [0.717, 1.165) is 9.88 Å². The largest absolute Gasteiger partial charge is 0.444 e. The van der Waals surface area contributed by atoms with Crippen LogP contribution in [0.3, 0.4) is 0 Å². The molecule has 1 aromatic rings. The van der Waals surface area contributed by atoms with E-state index in [-0.39, 0.29) is 0 Å². The number of carbonyl (C=O) groups is 1. The molecule has 0 saturated heterocycles. The van der Waals surface area contributed by atoms with Gasteiger partial charge in [-0.2, -0.15) is 0 Å². The van der Waals surface area contributed by atoms with Gasteiger partial charge in [0.15, 0.2) is 5.01 Å². The molecule has 0 aliphatic rings. The molecule has 0 atom stereocenters. The summed E-state index contributed by atoms with van der Waals surface area (Å²) in [6.07, 6.45) is 1.97. The summed E-state index contributed by atoms with van der Waals surface area (Å²) in [6, 6.07) is 0. The summed E-state index contributed by atoms with van der Waals surface area (Å²) in [5, 5.41) is 3.46. The number of carbonyl (C=O) groups excluding carboxylic acids is 1. The van der Waals surface area contributed by atoms with Crippen LogP contribution in [0.1, 0.15) is 37.1 Å². The van der Waals surface area contributed by atoms with E-state index in [9.17, 15) is 4.79 Å². The Labute approximate surface area is 112 Å². The Morgan fingerprint density at radius 3 is 2.83 bits per heavy atom. The van der Waals surface area contributed by atoms with Gasteiger partial charge in [-0.05, 0) is 33.6 Å². The van der Waals surface area contributed by atoms with E-state index in [1.165, 1.54) is 0 Å². The Hall–Kier alpha value is -1.54. The summed E-state index contributed by atoms with van der Waals surface area (Å²) in [5.74, 6) is 5.91. The number of alkyl carbamates (subject to hydrolysis) is 1. The highest BCUT2D eigenvalue weighted by Gasteiger charge is 2.15. The molecule has 4 nitrogen and oxygen atoms in total. The molecule has 18 heavy (non-hydrogen) atoms. The lowest BCUT2D eigenvalue weighted by Gasteiger charge is -2.19. The van der Waals surface area contributed by atoms with E-state index in [0.29, 0.717) is 13.0 Å². The number of nitrogens with one attached hydrogen (secondary N) is 1. The maximum Gasteiger partial charge on any atom is 0.407 e. The molecule has 1 heterocycles. The van der Waals surface area contributed by atoms with Gasteiger partial charge in [0.1, 0.15) is 5.60 Å². The first-order valence-electron chi connectivity index (χ1n) is 5.75. The second kappa shape index (κ2) is 6.41. The molecule has 0 radical (unpaired) electrons. The Balaban J connectivity index is 2.23. The van der Waals surface area contributed by atoms with E-state index >= 15 is 0 Å². The van der Waals surface area contributed by atoms with Crippen molar-refractivity contribution < 1.29 is 9.53 Å². The van der Waals surface area contributed by atoms with Crippen LogP contribution in [0.2, 0.25) is 0 Å². The highest BCUT2D eigenvalue weighted by atomic mass is 32.1. The third-order valence-corrected chi connectivity index (χ3v) is 2.56. The smallest absolute Gasteiger partial charge is 0.407 e. The monoisotopic (exact) mass is 266 g/mol. The van der Waals surface area contributed by atoms with Crippen LogP contribution >= 0.6 is 11.3 Å². The van der Waals surface area contributed by atoms with Gasteiger partial charge in [0, 0.05) is 24.0 Å². The van der Waals surface area contributed by atoms with Crippen molar-refractivity contribution in [2.75, 3.05) is 6.54 Å². The van der Waals surface area contributed by atoms with Crippen LogP contribution in [0.5, 0.6) is 0 Å². The summed E-state index contributed by atoms with van der Waals surface area (Å²) in [6.45, 7) is 7.96. The lowest BCUT2D eigenvalue weighted by molar-refractivity contribution is 0.0529. The number of aromatic nitrogens is 1. The quantitative estimate of drug-likeness (QED) is 0.661. The molecule has 0 spiro atoms. The van der Waals surface area contributed by atoms with Crippen LogP contribution in [0.25, 0.3) is 0 Å². The summed E-state index contributed by atoms with van der Waals surface area (Å²) in [5.41, 5.74) is -0.464. The second-order valence-electron chi connectivity index (χ2n) is 4.76. The summed E-state index contributed by atoms with van der Waals surface area (Å²) in [7, 11) is 0. The highest BCUT2D eigenvalue weighted by molar-refractivity contribution is 7.12. The van der Waals surface area contributed by atoms with E-state index in [1.807, 2.05) is 27.7 Å². The molecule has 1 aromatic heterocycles. The van der Waals surface area contributed by atoms with Gasteiger partial charge in [-0.1, -0.05) is 5.92 Å². The molecule has 1 N–H and O–H groups in total. The number of rotatable bonds is 2. The van der Waals surface area contributed by atoms with Crippen molar-refractivity contribution in [3.8, 4) is 11.8 Å². The normalized spacial score (nSPS) is 10.4. The fourth-order valence-corrected chi connectivity index (χ4v) is 1.73. The number of thiazole rings is 1. The average molecular weight is 266 g/mol. The number of ether oxygens (including phenoxy) is 1. The van der Waals surface area contributed by atoms with Gasteiger partial charge in [0.25, 0.3) is 0 Å². The zero-order valence-corrected chi connectivity index (χ0v) is 12.0. The predicted octanol–water partition coefficient (Wildman–Crippen LogP) is 2.72. The van der Waals surface area contributed by atoms with Gasteiger partial charge in [-0.3, -0.25) is 0 Å². The third-order valence-electron chi connectivity index (χ3n) is 1.73. The van der Waals surface area contributed by atoms with E-state index in [1.54, 1.807) is 17.5 Å². The van der Waals surface area contributed by atoms with Crippen LogP contribution in [-0.4, -0.2) is 23.2 Å². The van der Waals surface area contributed by atoms with Gasteiger partial charge < -0.3 is 10.1 Å². The van der Waals surface area contributed by atoms with Crippen LogP contribution in [0.4, 0.5) is 4.79 Å². The Bertz CT molecular complexity index is 463. The van der Waals surface area contributed by atoms with Crippen molar-refractivity contribution >= 4 is 17.4 Å². The van der Waals surface area contributed by atoms with E-state index in [2.05, 4.69) is 22.1 Å². The van der Waals surface area contributed by atoms with Crippen molar-refractivity contribution in [1.29, 1.82) is 0 Å². The highest BCUT2D eigenvalue weighted by Crippen LogP contribution is 2.09. The molecular formula is C13H18N2O2S. The van der Waals surface area contributed by atoms with Crippen LogP contribution in [0, 0.1) is 18.8 Å². The fourth-order valence-electron chi connectivity index (χ4n) is 1.09. The first-order chi connectivity index (χ1) is 8.37. The molecule has 98 valence electrons. The first-order valence-corrected chi connectivity index (χ1v) is 6.56. The first kappa shape index (κ1) is 14.5. The summed E-state index contributed by atoms with van der Waals surface area (Å²) >= 11 is 1.56. The molecule has 1 amide bonds. The Morgan fingerprint density at radius 1 is 1.56 bits per heavy atom. The van der Waals surface area contributed by atoms with Crippen molar-refractivity contribution in [2.45, 2.75) is 39.7 Å². The SMILES string of the molecule is Cc1cnc(C#CCCNC(=O)OC(C)(C)C)s1. The van der Waals surface area contributed by atoms with Crippen LogP contribution in [-0.2, 0) is 4.74 Å². The van der Waals surface area contributed by atoms with Gasteiger partial charge in [0.05, 0.1) is 0 Å². The number of amides is 1. The number of hydrogen-bond acceptors (Lipinski definition) is 4. The topological polar surface area (TPSA) is 51.2 Å². The predicted molar refractivity (Wildman–Crippen MR) is 72.6 cm³/mol. The van der Waals surface area contributed by atoms with Gasteiger partial charge >= 0.3 is 6.09 Å². The van der Waals surface area contributed by atoms with Crippen molar-refractivity contribution in [2.24, 2.45) is 0 Å². The van der Waals surface area contributed by atoms with E-state index < -0.39 is 11.7 Å². The molecule has 0 fully saturated rings. The molecule has 5 heteroatoms. The standard InChI is InChI=1S/C13H18N2O2S/c1-10-9-15-11(18-10)7-5-6-8-14-12(16)17-13(2,3)4/h9H,6,8H2,1-4H3,(H,14,16). The van der Waals surface area contributed by atoms with Crippen LogP contribution < -0.4 is 5.32 Å². The number of hydrogen-bond donors (Lipinski definition) is 1. The summed E-state index contributed by atoms with van der Waals surface area (Å²) in [4.78, 5) is 16.6. The minimum absolute atomic E-state index is 0.408. The van der Waals surface area contributed by atoms with Crippen LogP contribution in [0.15, 0.2) is 6.20 Å². The van der Waals surface area contributed by atoms with Gasteiger partial charge in [0.2, 0.25) is 0 Å². The third kappa shape index (κ3) is 6.26. The number of nitrogens with zero attached hydrogens (tertiary/aromatic N) is 1. The molecule has 0 aliphatic carbocycles. The van der Waals surface area contributed by atoms with Crippen molar-refractivity contribution in [3.63, 3.8) is 0 Å². The van der Waals surface area contributed by atoms with Crippen molar-refractivity contribution in [1.82, 2.24) is 10.3 Å². The Kier molecular flexibility index (Phi) is 5.17. The zero-order chi connectivity index (χ0) is 13.6. The minimum Gasteiger partial charge on any atom is -0.444 e. The molecule has 0 aromatic carbocycles. The van der Waals surface area contributed by atoms with Gasteiger partial charge in [-0.15, -0.1) is 11.3 Å². The minimum atomic E-state index is -0.464. The lowest BCUT2D eigenvalue weighted by atomic mass is 10.2. The molecule has 1 rings (SSSR count). The molecule has 0 bridgehead atoms. The molecular weight excluding hydrogens is 248 g/mol. The maximum absolute atomic E-state index is 11.3. The molecule has 0 saturated carbocycles. The fraction of sp³-hybridized carbons (Fsp3) is 0.538. The lowest BCUT2D eigenvalue weighted by Crippen LogP contribution is -2.32. The molecule has 0 aliphatic heterocycles. The second-order valence-corrected chi connectivity index (χ2v) is 5.99. The maximum atomic E-state index is 11.3. The van der Waals surface area contributed by atoms with Crippen molar-refractivity contribution in [3.05, 3.63) is 16.1 Å². The summed E-state index contributed by atoms with van der Waals surface area (Å²) < 4.78 is 5.10. The number of aryl methyl sites for hydroxylation is 1. The Morgan fingerprint density at radius 2 is 2.28 bits per heavy atom. The zero-order valence-electron chi connectivity index (χ0n) is 11.2. The van der Waals surface area contributed by atoms with Gasteiger partial charge in [-0.25, -0.2) is 9.78 Å². The average Bonchev–Trinajstić information content (AvgIpc) is 2.61. The molecule has 0 unspecified atom stereocenters. The van der Waals surface area contributed by atoms with E-state index in [4.69, 9.17) is 4.74 Å².